The van der Waals surface area contributed by atoms with Crippen molar-refractivity contribution in [3.8, 4) is 17.2 Å². The Morgan fingerprint density at radius 3 is 2.48 bits per heavy atom. The fraction of sp³-hybridized carbons (Fsp3) is 0.516. The van der Waals surface area contributed by atoms with Crippen molar-refractivity contribution >= 4 is 17.3 Å². The summed E-state index contributed by atoms with van der Waals surface area (Å²) in [7, 11) is 1.34. The number of rotatable bonds is 6. The molecule has 0 amide bonds. The van der Waals surface area contributed by atoms with Crippen LogP contribution in [-0.2, 0) is 25.4 Å². The van der Waals surface area contributed by atoms with E-state index in [1.54, 1.807) is 6.92 Å². The van der Waals surface area contributed by atoms with Gasteiger partial charge in [0.2, 0.25) is 5.78 Å². The number of carbonyl (C=O) groups excluding carboxylic acids is 3. The molecular formula is C31H35NO12. The minimum Gasteiger partial charge on any atom is -0.507 e. The van der Waals surface area contributed by atoms with E-state index in [-0.39, 0.29) is 40.5 Å². The third-order valence-electron chi connectivity index (χ3n) is 9.24. The molecule has 13 nitrogen and oxygen atoms in total. The Morgan fingerprint density at radius 1 is 1.09 bits per heavy atom. The van der Waals surface area contributed by atoms with Crippen LogP contribution in [0.2, 0.25) is 0 Å². The monoisotopic (exact) mass is 613 g/mol. The first kappa shape index (κ1) is 30.6. The second-order valence-corrected chi connectivity index (χ2v) is 11.7. The molecule has 0 saturated carbocycles. The fourth-order valence-electron chi connectivity index (χ4n) is 6.96. The number of benzene rings is 2. The molecule has 2 heterocycles. The molecule has 2 fully saturated rings. The van der Waals surface area contributed by atoms with Crippen LogP contribution in [0.15, 0.2) is 18.2 Å². The highest BCUT2D eigenvalue weighted by molar-refractivity contribution is 6.31. The van der Waals surface area contributed by atoms with Gasteiger partial charge in [-0.3, -0.25) is 19.3 Å². The molecule has 0 radical (unpaired) electrons. The Morgan fingerprint density at radius 2 is 1.80 bits per heavy atom. The smallest absolute Gasteiger partial charge is 0.202 e. The molecule has 4 aliphatic rings. The first-order valence-electron chi connectivity index (χ1n) is 14.5. The van der Waals surface area contributed by atoms with Gasteiger partial charge in [-0.05, 0) is 13.0 Å². The van der Waals surface area contributed by atoms with Crippen LogP contribution in [0.5, 0.6) is 17.2 Å². The highest BCUT2D eigenvalue weighted by atomic mass is 16.7. The number of hydrogen-bond donors (Lipinski definition) is 5. The maximum absolute atomic E-state index is 13.8. The average Bonchev–Trinajstić information content (AvgIpc) is 3.02. The summed E-state index contributed by atoms with van der Waals surface area (Å²) >= 11 is 0. The Bertz CT molecular complexity index is 1520. The van der Waals surface area contributed by atoms with Gasteiger partial charge in [0.05, 0.1) is 55.3 Å². The van der Waals surface area contributed by atoms with E-state index in [4.69, 9.17) is 18.9 Å². The number of methoxy groups -OCH3 is 1. The molecule has 2 aliphatic heterocycles. The summed E-state index contributed by atoms with van der Waals surface area (Å²) in [5.41, 5.74) is -3.52. The lowest BCUT2D eigenvalue weighted by Gasteiger charge is -2.46. The lowest BCUT2D eigenvalue weighted by Crippen LogP contribution is -2.58. The summed E-state index contributed by atoms with van der Waals surface area (Å²) in [5, 5.41) is 55.2. The molecule has 0 spiro atoms. The number of phenols is 2. The second kappa shape index (κ2) is 11.5. The average molecular weight is 614 g/mol. The second-order valence-electron chi connectivity index (χ2n) is 11.7. The number of morpholine rings is 1. The zero-order chi connectivity index (χ0) is 31.5. The Balaban J connectivity index is 1.45. The van der Waals surface area contributed by atoms with E-state index in [1.807, 2.05) is 0 Å². The van der Waals surface area contributed by atoms with Crippen molar-refractivity contribution in [3.63, 3.8) is 0 Å². The number of aliphatic hydroxyl groups excluding tert-OH is 2. The van der Waals surface area contributed by atoms with Gasteiger partial charge in [0, 0.05) is 55.1 Å². The summed E-state index contributed by atoms with van der Waals surface area (Å²) in [4.78, 5) is 42.3. The molecule has 2 aliphatic carbocycles. The largest absolute Gasteiger partial charge is 0.507 e. The predicted octanol–water partition coefficient (Wildman–Crippen LogP) is 0.375. The van der Waals surface area contributed by atoms with E-state index in [2.05, 4.69) is 4.90 Å². The molecular weight excluding hydrogens is 578 g/mol. The quantitative estimate of drug-likeness (QED) is 0.240. The molecule has 2 aromatic rings. The van der Waals surface area contributed by atoms with E-state index in [1.165, 1.54) is 25.3 Å². The van der Waals surface area contributed by atoms with Crippen LogP contribution in [0.1, 0.15) is 68.8 Å². The van der Waals surface area contributed by atoms with Crippen molar-refractivity contribution in [3.05, 3.63) is 51.6 Å². The number of nitrogens with zero attached hydrogens (tertiary/aromatic N) is 1. The minimum absolute atomic E-state index is 0.0425. The van der Waals surface area contributed by atoms with Gasteiger partial charge in [-0.2, -0.15) is 0 Å². The fourth-order valence-corrected chi connectivity index (χ4v) is 6.96. The molecule has 2 saturated heterocycles. The van der Waals surface area contributed by atoms with Crippen molar-refractivity contribution in [1.29, 1.82) is 0 Å². The van der Waals surface area contributed by atoms with Gasteiger partial charge in [-0.1, -0.05) is 12.1 Å². The third-order valence-corrected chi connectivity index (χ3v) is 9.24. The summed E-state index contributed by atoms with van der Waals surface area (Å²) in [5.74, 6) is -3.68. The van der Waals surface area contributed by atoms with Crippen LogP contribution in [-0.4, -0.2) is 118 Å². The molecule has 6 atom stereocenters. The van der Waals surface area contributed by atoms with Crippen LogP contribution < -0.4 is 4.74 Å². The van der Waals surface area contributed by atoms with Gasteiger partial charge in [-0.25, -0.2) is 0 Å². The first-order chi connectivity index (χ1) is 21.0. The van der Waals surface area contributed by atoms with Gasteiger partial charge in [0.25, 0.3) is 0 Å². The number of phenolic OH excluding ortho intramolecular Hbond substituents is 2. The van der Waals surface area contributed by atoms with Crippen molar-refractivity contribution in [2.45, 2.75) is 62.4 Å². The highest BCUT2D eigenvalue weighted by Crippen LogP contribution is 2.52. The Hall–Kier alpha value is -3.43. The van der Waals surface area contributed by atoms with E-state index in [9.17, 15) is 39.9 Å². The van der Waals surface area contributed by atoms with E-state index >= 15 is 0 Å². The van der Waals surface area contributed by atoms with Crippen molar-refractivity contribution < 1.29 is 58.9 Å². The Labute approximate surface area is 252 Å². The lowest BCUT2D eigenvalue weighted by molar-refractivity contribution is -0.260. The molecule has 2 aromatic carbocycles. The lowest BCUT2D eigenvalue weighted by atomic mass is 9.72. The number of ether oxygens (including phenoxy) is 4. The van der Waals surface area contributed by atoms with Crippen LogP contribution in [0.3, 0.4) is 0 Å². The third kappa shape index (κ3) is 4.79. The molecule has 0 unspecified atom stereocenters. The normalized spacial score (nSPS) is 30.3. The number of ketones is 3. The molecule has 5 N–H and O–H groups in total. The summed E-state index contributed by atoms with van der Waals surface area (Å²) in [6.07, 6.45) is -4.66. The van der Waals surface area contributed by atoms with E-state index in [0.29, 0.717) is 26.3 Å². The molecule has 6 rings (SSSR count). The predicted molar refractivity (Wildman–Crippen MR) is 150 cm³/mol. The summed E-state index contributed by atoms with van der Waals surface area (Å²) in [6.45, 7) is 2.83. The standard InChI is InChI=1S/C31H35NO12/c1-14-26(35)17(32-6-8-42-9-7-32)10-21(43-14)44-19-12-31(40,20(34)13-33)11-16-23(19)30(39)25-24(28(16)37)27(36)15-4-3-5-18(41-2)22(15)29(25)38/h3-5,14,17,19,21,26,33,35,37,39-40H,6-13H2,1-2H3/t14-,17+,19+,21-,26+,31-/m0/s1. The molecule has 0 aromatic heterocycles. The van der Waals surface area contributed by atoms with E-state index in [0.717, 1.165) is 0 Å². The first-order valence-corrected chi connectivity index (χ1v) is 14.5. The summed E-state index contributed by atoms with van der Waals surface area (Å²) in [6, 6.07) is 4.04. The maximum Gasteiger partial charge on any atom is 0.202 e. The van der Waals surface area contributed by atoms with Gasteiger partial charge < -0.3 is 44.5 Å². The van der Waals surface area contributed by atoms with Crippen molar-refractivity contribution in [1.82, 2.24) is 4.90 Å². The number of fused-ring (bicyclic) bond motifs is 3. The number of Topliss-reactive ketones (excluding diaryl/α,β-unsaturated/α-hetero) is 1. The van der Waals surface area contributed by atoms with Crippen molar-refractivity contribution in [2.75, 3.05) is 40.0 Å². The van der Waals surface area contributed by atoms with Gasteiger partial charge >= 0.3 is 0 Å². The van der Waals surface area contributed by atoms with Crippen LogP contribution in [0.4, 0.5) is 0 Å². The number of aliphatic hydroxyl groups is 3. The molecule has 44 heavy (non-hydrogen) atoms. The molecule has 13 heteroatoms. The van der Waals surface area contributed by atoms with E-state index < -0.39 is 89.6 Å². The zero-order valence-corrected chi connectivity index (χ0v) is 24.3. The minimum atomic E-state index is -2.24. The van der Waals surface area contributed by atoms with Gasteiger partial charge in [-0.15, -0.1) is 0 Å². The Kier molecular flexibility index (Phi) is 7.99. The highest BCUT2D eigenvalue weighted by Gasteiger charge is 2.50. The topological polar surface area (TPSA) is 193 Å². The number of aromatic hydroxyl groups is 2. The summed E-state index contributed by atoms with van der Waals surface area (Å²) < 4.78 is 23.0. The molecule has 0 bridgehead atoms. The maximum atomic E-state index is 13.8. The zero-order valence-electron chi connectivity index (χ0n) is 24.3. The van der Waals surface area contributed by atoms with Gasteiger partial charge in [0.1, 0.15) is 29.5 Å². The van der Waals surface area contributed by atoms with Crippen LogP contribution >= 0.6 is 0 Å². The van der Waals surface area contributed by atoms with Gasteiger partial charge in [0.15, 0.2) is 17.9 Å². The number of hydrogen-bond acceptors (Lipinski definition) is 13. The van der Waals surface area contributed by atoms with Crippen molar-refractivity contribution in [2.24, 2.45) is 0 Å². The SMILES string of the molecule is COc1cccc2c1C(=O)c1c(O)c3c(c(O)c1C2=O)C[C@@](O)(C(=O)CO)C[C@H]3O[C@H]1C[C@@H](N2CCOCC2)[C@H](O)[C@H](C)O1. The molecule has 236 valence electrons. The van der Waals surface area contributed by atoms with Crippen LogP contribution in [0.25, 0.3) is 0 Å². The number of carbonyl (C=O) groups is 3. The van der Waals surface area contributed by atoms with Crippen LogP contribution in [0, 0.1) is 0 Å².